The average Bonchev–Trinajstić information content (AvgIpc) is 3.15. The van der Waals surface area contributed by atoms with Crippen molar-refractivity contribution in [1.82, 2.24) is 5.32 Å². The topological polar surface area (TPSA) is 108 Å². The predicted octanol–water partition coefficient (Wildman–Crippen LogP) is 4.64. The van der Waals surface area contributed by atoms with Gasteiger partial charge in [0.15, 0.2) is 0 Å². The Balaban J connectivity index is 1.50. The lowest BCUT2D eigenvalue weighted by Gasteiger charge is -2.19. The third-order valence-electron chi connectivity index (χ3n) is 4.44. The summed E-state index contributed by atoms with van der Waals surface area (Å²) in [5.41, 5.74) is 0.268. The van der Waals surface area contributed by atoms with Crippen LogP contribution < -0.4 is 15.5 Å². The van der Waals surface area contributed by atoms with Crippen LogP contribution in [-0.4, -0.2) is 24.2 Å². The van der Waals surface area contributed by atoms with Crippen molar-refractivity contribution in [1.29, 1.82) is 0 Å². The van der Waals surface area contributed by atoms with Gasteiger partial charge in [-0.3, -0.25) is 4.79 Å². The van der Waals surface area contributed by atoms with E-state index in [0.29, 0.717) is 22.3 Å². The second-order valence-electron chi connectivity index (χ2n) is 8.11. The molecule has 2 aromatic heterocycles. The lowest BCUT2D eigenvalue weighted by atomic mass is 10.1. The zero-order valence-electron chi connectivity index (χ0n) is 17.8. The van der Waals surface area contributed by atoms with E-state index < -0.39 is 17.7 Å². The first kappa shape index (κ1) is 21.2. The second kappa shape index (κ2) is 8.22. The maximum atomic E-state index is 12.9. The van der Waals surface area contributed by atoms with Crippen LogP contribution in [0.4, 0.5) is 4.79 Å². The zero-order valence-corrected chi connectivity index (χ0v) is 17.8. The van der Waals surface area contributed by atoms with Crippen LogP contribution in [0.2, 0.25) is 0 Å². The van der Waals surface area contributed by atoms with E-state index in [1.807, 2.05) is 24.3 Å². The number of carbonyl (C=O) groups excluding carboxylic acids is 2. The number of rotatable bonds is 4. The number of hydrogen-bond donors (Lipinski definition) is 1. The van der Waals surface area contributed by atoms with E-state index in [1.165, 1.54) is 24.5 Å². The summed E-state index contributed by atoms with van der Waals surface area (Å²) >= 11 is 0. The fourth-order valence-electron chi connectivity index (χ4n) is 3.08. The van der Waals surface area contributed by atoms with Crippen LogP contribution in [0.5, 0.6) is 5.75 Å². The third kappa shape index (κ3) is 4.64. The molecule has 0 saturated carbocycles. The normalized spacial score (nSPS) is 11.5. The number of para-hydroxylation sites is 1. The summed E-state index contributed by atoms with van der Waals surface area (Å²) in [7, 11) is 0. The van der Waals surface area contributed by atoms with Gasteiger partial charge < -0.3 is 23.6 Å². The molecular formula is C24H21NO7. The summed E-state index contributed by atoms with van der Waals surface area (Å²) in [5.74, 6) is -0.116. The zero-order chi connectivity index (χ0) is 22.9. The molecule has 1 N–H and O–H groups in total. The Labute approximate surface area is 182 Å². The first-order valence-corrected chi connectivity index (χ1v) is 9.92. The number of carbonyl (C=O) groups is 2. The standard InChI is InChI=1S/C24H21NO7/c1-24(2,3)32-23(28)25-12-21(26)30-15-8-9-16-19(11-15)29-13-17(22(16)27)20-10-14-6-4-5-7-18(14)31-20/h4-11,13H,12H2,1-3H3,(H,25,28). The van der Waals surface area contributed by atoms with Gasteiger partial charge in [0.25, 0.3) is 0 Å². The number of benzene rings is 2. The van der Waals surface area contributed by atoms with Crippen molar-refractivity contribution in [2.45, 2.75) is 26.4 Å². The second-order valence-corrected chi connectivity index (χ2v) is 8.11. The highest BCUT2D eigenvalue weighted by molar-refractivity contribution is 5.87. The summed E-state index contributed by atoms with van der Waals surface area (Å²) in [4.78, 5) is 36.6. The molecule has 1 amide bonds. The van der Waals surface area contributed by atoms with E-state index in [0.717, 1.165) is 5.39 Å². The number of amides is 1. The SMILES string of the molecule is CC(C)(C)OC(=O)NCC(=O)Oc1ccc2c(=O)c(-c3cc4ccccc4o3)coc2c1. The maximum Gasteiger partial charge on any atom is 0.408 e. The van der Waals surface area contributed by atoms with Crippen molar-refractivity contribution < 1.29 is 27.9 Å². The highest BCUT2D eigenvalue weighted by Gasteiger charge is 2.18. The van der Waals surface area contributed by atoms with Crippen LogP contribution in [0, 0.1) is 0 Å². The van der Waals surface area contributed by atoms with Crippen molar-refractivity contribution in [3.8, 4) is 17.1 Å². The number of esters is 1. The van der Waals surface area contributed by atoms with E-state index in [1.54, 1.807) is 26.8 Å². The third-order valence-corrected chi connectivity index (χ3v) is 4.44. The first-order valence-electron chi connectivity index (χ1n) is 9.92. The van der Waals surface area contributed by atoms with Gasteiger partial charge in [0.2, 0.25) is 5.43 Å². The molecule has 164 valence electrons. The van der Waals surface area contributed by atoms with E-state index >= 15 is 0 Å². The Morgan fingerprint density at radius 2 is 1.81 bits per heavy atom. The summed E-state index contributed by atoms with van der Waals surface area (Å²) in [6.45, 7) is 4.77. The minimum atomic E-state index is -0.725. The predicted molar refractivity (Wildman–Crippen MR) is 118 cm³/mol. The number of alkyl carbamates (subject to hydrolysis) is 1. The molecule has 0 spiro atoms. The van der Waals surface area contributed by atoms with Crippen molar-refractivity contribution in [3.05, 3.63) is 65.0 Å². The summed E-state index contributed by atoms with van der Waals surface area (Å²) in [5, 5.41) is 3.52. The number of furan rings is 1. The van der Waals surface area contributed by atoms with Gasteiger partial charge in [-0.1, -0.05) is 18.2 Å². The fourth-order valence-corrected chi connectivity index (χ4v) is 3.08. The minimum absolute atomic E-state index is 0.174. The van der Waals surface area contributed by atoms with Crippen molar-refractivity contribution in [3.63, 3.8) is 0 Å². The van der Waals surface area contributed by atoms with Gasteiger partial charge in [-0.05, 0) is 45.0 Å². The molecule has 2 aromatic carbocycles. The van der Waals surface area contributed by atoms with Gasteiger partial charge in [0.05, 0.1) is 5.39 Å². The molecule has 0 bridgehead atoms. The number of nitrogens with one attached hydrogen (secondary N) is 1. The lowest BCUT2D eigenvalue weighted by Crippen LogP contribution is -2.36. The first-order chi connectivity index (χ1) is 15.2. The largest absolute Gasteiger partial charge is 0.463 e. The molecule has 0 radical (unpaired) electrons. The Hall–Kier alpha value is -4.07. The Bertz CT molecular complexity index is 1340. The lowest BCUT2D eigenvalue weighted by molar-refractivity contribution is -0.133. The minimum Gasteiger partial charge on any atom is -0.463 e. The molecule has 0 fully saturated rings. The van der Waals surface area contributed by atoms with Crippen molar-refractivity contribution in [2.75, 3.05) is 6.54 Å². The van der Waals surface area contributed by atoms with E-state index in [2.05, 4.69) is 5.32 Å². The van der Waals surface area contributed by atoms with Crippen LogP contribution >= 0.6 is 0 Å². The summed E-state index contributed by atoms with van der Waals surface area (Å²) in [6.07, 6.45) is 0.593. The molecule has 0 aliphatic rings. The monoisotopic (exact) mass is 435 g/mol. The van der Waals surface area contributed by atoms with Crippen LogP contribution in [0.25, 0.3) is 33.3 Å². The fraction of sp³-hybridized carbons (Fsp3) is 0.208. The van der Waals surface area contributed by atoms with Gasteiger partial charge >= 0.3 is 12.1 Å². The van der Waals surface area contributed by atoms with Crippen molar-refractivity contribution >= 4 is 34.0 Å². The molecule has 0 saturated heterocycles. The summed E-state index contributed by atoms with van der Waals surface area (Å²) < 4.78 is 21.6. The maximum absolute atomic E-state index is 12.9. The molecule has 0 atom stereocenters. The molecular weight excluding hydrogens is 414 g/mol. The van der Waals surface area contributed by atoms with Gasteiger partial charge in [-0.25, -0.2) is 9.59 Å². The molecule has 4 aromatic rings. The smallest absolute Gasteiger partial charge is 0.408 e. The van der Waals surface area contributed by atoms with Crippen molar-refractivity contribution in [2.24, 2.45) is 0 Å². The van der Waals surface area contributed by atoms with E-state index in [4.69, 9.17) is 18.3 Å². The molecule has 8 nitrogen and oxygen atoms in total. The molecule has 0 aliphatic heterocycles. The van der Waals surface area contributed by atoms with Crippen LogP contribution in [0.15, 0.2) is 68.4 Å². The van der Waals surface area contributed by atoms with E-state index in [9.17, 15) is 14.4 Å². The van der Waals surface area contributed by atoms with Gasteiger partial charge in [-0.2, -0.15) is 0 Å². The highest BCUT2D eigenvalue weighted by atomic mass is 16.6. The van der Waals surface area contributed by atoms with Crippen LogP contribution in [0.3, 0.4) is 0 Å². The highest BCUT2D eigenvalue weighted by Crippen LogP contribution is 2.28. The van der Waals surface area contributed by atoms with Gasteiger partial charge in [0, 0.05) is 11.5 Å². The number of fused-ring (bicyclic) bond motifs is 2. The summed E-state index contributed by atoms with van der Waals surface area (Å²) in [6, 6.07) is 13.7. The average molecular weight is 435 g/mol. The van der Waals surface area contributed by atoms with Crippen LogP contribution in [0.1, 0.15) is 20.8 Å². The quantitative estimate of drug-likeness (QED) is 0.368. The molecule has 4 rings (SSSR count). The number of ether oxygens (including phenoxy) is 2. The Morgan fingerprint density at radius 1 is 1.03 bits per heavy atom. The van der Waals surface area contributed by atoms with Gasteiger partial charge in [0.1, 0.15) is 46.6 Å². The Morgan fingerprint density at radius 3 is 2.56 bits per heavy atom. The molecule has 0 aliphatic carbocycles. The molecule has 0 unspecified atom stereocenters. The van der Waals surface area contributed by atoms with E-state index in [-0.39, 0.29) is 23.3 Å². The Kier molecular flexibility index (Phi) is 5.44. The van der Waals surface area contributed by atoms with Crippen LogP contribution in [-0.2, 0) is 9.53 Å². The molecule has 8 heteroatoms. The molecule has 32 heavy (non-hydrogen) atoms. The molecule has 2 heterocycles. The van der Waals surface area contributed by atoms with Gasteiger partial charge in [-0.15, -0.1) is 0 Å². The number of hydrogen-bond acceptors (Lipinski definition) is 7.